The van der Waals surface area contributed by atoms with E-state index in [1.807, 2.05) is 13.8 Å². The largest absolute Gasteiger partial charge is 0.466 e. The van der Waals surface area contributed by atoms with Crippen molar-refractivity contribution < 1.29 is 14.3 Å². The molecule has 1 aliphatic rings. The van der Waals surface area contributed by atoms with Crippen LogP contribution in [0.15, 0.2) is 0 Å². The molecule has 5 nitrogen and oxygen atoms in total. The van der Waals surface area contributed by atoms with Crippen molar-refractivity contribution in [2.75, 3.05) is 26.2 Å². The highest BCUT2D eigenvalue weighted by Gasteiger charge is 2.49. The molecule has 0 spiro atoms. The summed E-state index contributed by atoms with van der Waals surface area (Å²) in [6, 6.07) is -0.167. The van der Waals surface area contributed by atoms with Crippen molar-refractivity contribution in [1.29, 1.82) is 0 Å². The van der Waals surface area contributed by atoms with Crippen LogP contribution in [0.5, 0.6) is 0 Å². The maximum atomic E-state index is 12.2. The Hall–Kier alpha value is -1.70. The molecule has 1 saturated heterocycles. The van der Waals surface area contributed by atoms with Gasteiger partial charge in [-0.3, -0.25) is 4.79 Å². The minimum Gasteiger partial charge on any atom is -0.466 e. The quantitative estimate of drug-likeness (QED) is 0.629. The number of hydrogen-bond donors (Lipinski definition) is 1. The van der Waals surface area contributed by atoms with E-state index in [4.69, 9.17) is 4.74 Å². The Balaban J connectivity index is 2.71. The van der Waals surface area contributed by atoms with Gasteiger partial charge in [0.2, 0.25) is 0 Å². The van der Waals surface area contributed by atoms with Crippen molar-refractivity contribution in [3.8, 4) is 11.8 Å². The van der Waals surface area contributed by atoms with Gasteiger partial charge in [-0.2, -0.15) is 0 Å². The van der Waals surface area contributed by atoms with Crippen LogP contribution in [0, 0.1) is 23.2 Å². The van der Waals surface area contributed by atoms with Gasteiger partial charge in [-0.15, -0.1) is 5.92 Å². The molecule has 5 heteroatoms. The Morgan fingerprint density at radius 1 is 1.45 bits per heavy atom. The lowest BCUT2D eigenvalue weighted by molar-refractivity contribution is -0.157. The van der Waals surface area contributed by atoms with E-state index in [0.29, 0.717) is 32.7 Å². The summed E-state index contributed by atoms with van der Waals surface area (Å²) in [5, 5.41) is 2.73. The zero-order chi connectivity index (χ0) is 15.2. The van der Waals surface area contributed by atoms with Crippen LogP contribution in [0.1, 0.15) is 34.1 Å². The first kappa shape index (κ1) is 16.4. The first-order valence-electron chi connectivity index (χ1n) is 7.07. The first-order valence-corrected chi connectivity index (χ1v) is 7.07. The highest BCUT2D eigenvalue weighted by Crippen LogP contribution is 2.39. The number of rotatable bonds is 4. The summed E-state index contributed by atoms with van der Waals surface area (Å²) in [5.74, 6) is 5.45. The number of nitrogens with one attached hydrogen (secondary N) is 1. The van der Waals surface area contributed by atoms with Gasteiger partial charge in [0.05, 0.1) is 18.6 Å². The highest BCUT2D eigenvalue weighted by molar-refractivity contribution is 5.81. The van der Waals surface area contributed by atoms with Crippen molar-refractivity contribution in [3.05, 3.63) is 0 Å². The predicted octanol–water partition coefficient (Wildman–Crippen LogP) is 1.63. The summed E-state index contributed by atoms with van der Waals surface area (Å²) in [4.78, 5) is 25.9. The Morgan fingerprint density at radius 3 is 2.70 bits per heavy atom. The van der Waals surface area contributed by atoms with E-state index in [9.17, 15) is 9.59 Å². The summed E-state index contributed by atoms with van der Waals surface area (Å²) >= 11 is 0. The van der Waals surface area contributed by atoms with Gasteiger partial charge in [-0.05, 0) is 26.2 Å². The topological polar surface area (TPSA) is 58.6 Å². The molecule has 0 bridgehead atoms. The second-order valence-corrected chi connectivity index (χ2v) is 5.29. The fraction of sp³-hybridized carbons (Fsp3) is 0.733. The Bertz CT molecular complexity index is 423. The summed E-state index contributed by atoms with van der Waals surface area (Å²) in [5.41, 5.74) is -0.580. The molecule has 1 heterocycles. The molecule has 0 radical (unpaired) electrons. The molecule has 112 valence electrons. The molecule has 20 heavy (non-hydrogen) atoms. The predicted molar refractivity (Wildman–Crippen MR) is 76.9 cm³/mol. The van der Waals surface area contributed by atoms with E-state index in [1.165, 1.54) is 0 Å². The summed E-state index contributed by atoms with van der Waals surface area (Å²) in [6.45, 7) is 9.21. The second-order valence-electron chi connectivity index (χ2n) is 5.29. The van der Waals surface area contributed by atoms with E-state index < -0.39 is 5.41 Å². The number of esters is 1. The third-order valence-electron chi connectivity index (χ3n) is 3.88. The molecule has 0 aromatic rings. The standard InChI is InChI=1S/C15H24N2O3/c1-5-7-9-16-14(19)17-10-8-15(11-17,12(3)4)13(18)20-6-2/h12H,6,8-11H2,1-4H3,(H,16,19). The lowest BCUT2D eigenvalue weighted by Crippen LogP contribution is -2.44. The van der Waals surface area contributed by atoms with Crippen LogP contribution in [0.4, 0.5) is 4.79 Å². The maximum absolute atomic E-state index is 12.2. The minimum atomic E-state index is -0.580. The molecular weight excluding hydrogens is 256 g/mol. The van der Waals surface area contributed by atoms with Crippen LogP contribution in [0.25, 0.3) is 0 Å². The minimum absolute atomic E-state index is 0.134. The van der Waals surface area contributed by atoms with Crippen LogP contribution < -0.4 is 5.32 Å². The molecule has 2 amide bonds. The molecule has 1 rings (SSSR count). The Kier molecular flexibility index (Phi) is 5.87. The summed E-state index contributed by atoms with van der Waals surface area (Å²) in [6.07, 6.45) is 0.649. The molecule has 1 unspecified atom stereocenters. The van der Waals surface area contributed by atoms with Crippen molar-refractivity contribution in [2.45, 2.75) is 34.1 Å². The number of hydrogen-bond acceptors (Lipinski definition) is 3. The third kappa shape index (κ3) is 3.44. The van der Waals surface area contributed by atoms with Crippen LogP contribution in [0.3, 0.4) is 0 Å². The van der Waals surface area contributed by atoms with E-state index in [2.05, 4.69) is 17.2 Å². The number of carbonyl (C=O) groups is 2. The van der Waals surface area contributed by atoms with Crippen molar-refractivity contribution >= 4 is 12.0 Å². The third-order valence-corrected chi connectivity index (χ3v) is 3.88. The molecule has 1 aliphatic heterocycles. The van der Waals surface area contributed by atoms with E-state index in [1.54, 1.807) is 18.7 Å². The van der Waals surface area contributed by atoms with Crippen LogP contribution in [-0.4, -0.2) is 43.1 Å². The summed E-state index contributed by atoms with van der Waals surface area (Å²) < 4.78 is 5.20. The van der Waals surface area contributed by atoms with E-state index in [0.717, 1.165) is 0 Å². The fourth-order valence-electron chi connectivity index (χ4n) is 2.47. The smallest absolute Gasteiger partial charge is 0.318 e. The van der Waals surface area contributed by atoms with Gasteiger partial charge in [-0.25, -0.2) is 4.79 Å². The van der Waals surface area contributed by atoms with Crippen LogP contribution in [0.2, 0.25) is 0 Å². The molecular formula is C15H24N2O3. The monoisotopic (exact) mass is 280 g/mol. The fourth-order valence-corrected chi connectivity index (χ4v) is 2.47. The van der Waals surface area contributed by atoms with Gasteiger partial charge in [-0.1, -0.05) is 19.8 Å². The normalized spacial score (nSPS) is 21.4. The highest BCUT2D eigenvalue weighted by atomic mass is 16.5. The lowest BCUT2D eigenvalue weighted by Gasteiger charge is -2.30. The number of amides is 2. The van der Waals surface area contributed by atoms with Crippen LogP contribution >= 0.6 is 0 Å². The lowest BCUT2D eigenvalue weighted by atomic mass is 9.76. The zero-order valence-electron chi connectivity index (χ0n) is 12.8. The number of carbonyl (C=O) groups excluding carboxylic acids is 2. The molecule has 1 atom stereocenters. The Morgan fingerprint density at radius 2 is 2.15 bits per heavy atom. The first-order chi connectivity index (χ1) is 9.47. The van der Waals surface area contributed by atoms with Crippen molar-refractivity contribution in [2.24, 2.45) is 11.3 Å². The van der Waals surface area contributed by atoms with Gasteiger partial charge in [0.25, 0.3) is 0 Å². The van der Waals surface area contributed by atoms with Gasteiger partial charge < -0.3 is 15.0 Å². The van der Waals surface area contributed by atoms with E-state index in [-0.39, 0.29) is 17.9 Å². The second kappa shape index (κ2) is 7.18. The van der Waals surface area contributed by atoms with E-state index >= 15 is 0 Å². The van der Waals surface area contributed by atoms with Crippen LogP contribution in [-0.2, 0) is 9.53 Å². The average molecular weight is 280 g/mol. The maximum Gasteiger partial charge on any atom is 0.318 e. The van der Waals surface area contributed by atoms with Gasteiger partial charge in [0, 0.05) is 13.1 Å². The summed E-state index contributed by atoms with van der Waals surface area (Å²) in [7, 11) is 0. The molecule has 0 aromatic heterocycles. The Labute approximate surface area is 121 Å². The molecule has 0 saturated carbocycles. The van der Waals surface area contributed by atoms with Gasteiger partial charge in [0.1, 0.15) is 0 Å². The van der Waals surface area contributed by atoms with Gasteiger partial charge >= 0.3 is 12.0 Å². The number of nitrogens with zero attached hydrogens (tertiary/aromatic N) is 1. The molecule has 0 aromatic carbocycles. The van der Waals surface area contributed by atoms with Gasteiger partial charge in [0.15, 0.2) is 0 Å². The number of ether oxygens (including phenoxy) is 1. The number of urea groups is 1. The van der Waals surface area contributed by atoms with Crippen molar-refractivity contribution in [1.82, 2.24) is 10.2 Å². The SMILES string of the molecule is CC#CCNC(=O)N1CCC(C(=O)OCC)(C(C)C)C1. The average Bonchev–Trinajstić information content (AvgIpc) is 2.85. The molecule has 1 fully saturated rings. The molecule has 1 N–H and O–H groups in total. The molecule has 0 aliphatic carbocycles. The van der Waals surface area contributed by atoms with Crippen molar-refractivity contribution in [3.63, 3.8) is 0 Å². The number of likely N-dealkylation sites (tertiary alicyclic amines) is 1. The zero-order valence-corrected chi connectivity index (χ0v) is 12.8.